The topological polar surface area (TPSA) is 126 Å². The number of piperazine rings is 1. The lowest BCUT2D eigenvalue weighted by Crippen LogP contribution is -2.46. The van der Waals surface area contributed by atoms with Gasteiger partial charge in [-0.15, -0.1) is 0 Å². The van der Waals surface area contributed by atoms with Crippen LogP contribution in [0.15, 0.2) is 41.3 Å². The van der Waals surface area contributed by atoms with Gasteiger partial charge in [0.2, 0.25) is 15.9 Å². The number of amides is 1. The number of benzene rings is 1. The number of hydrogen-bond donors (Lipinski definition) is 3. The molecule has 1 unspecified atom stereocenters. The molecule has 2 aromatic heterocycles. The summed E-state index contributed by atoms with van der Waals surface area (Å²) in [6, 6.07) is 10.6. The van der Waals surface area contributed by atoms with Gasteiger partial charge in [-0.2, -0.15) is 4.31 Å². The van der Waals surface area contributed by atoms with E-state index in [1.807, 2.05) is 12.1 Å². The molecule has 1 amide bonds. The summed E-state index contributed by atoms with van der Waals surface area (Å²) < 4.78 is 32.8. The lowest BCUT2D eigenvalue weighted by Gasteiger charge is -2.27. The SMILES string of the molecule is COCCNc1ccc2nc(NC(=O)C(CC3CCCC3)c3ccc(S(=O)(=O)N4CCNCC4)cc3)sc2n1. The van der Waals surface area contributed by atoms with Gasteiger partial charge in [0.1, 0.15) is 16.2 Å². The van der Waals surface area contributed by atoms with Crippen LogP contribution in [0.4, 0.5) is 10.9 Å². The third-order valence-electron chi connectivity index (χ3n) is 7.45. The van der Waals surface area contributed by atoms with Gasteiger partial charge in [-0.3, -0.25) is 4.79 Å². The molecule has 0 bridgehead atoms. The van der Waals surface area contributed by atoms with Gasteiger partial charge < -0.3 is 20.7 Å². The maximum Gasteiger partial charge on any atom is 0.243 e. The minimum absolute atomic E-state index is 0.128. The lowest BCUT2D eigenvalue weighted by atomic mass is 9.87. The number of nitrogens with zero attached hydrogens (tertiary/aromatic N) is 3. The van der Waals surface area contributed by atoms with Crippen molar-refractivity contribution in [1.82, 2.24) is 19.6 Å². The first-order chi connectivity index (χ1) is 18.9. The molecule has 3 heterocycles. The molecule has 2 aliphatic rings. The molecule has 5 rings (SSSR count). The fourth-order valence-corrected chi connectivity index (χ4v) is 7.60. The van der Waals surface area contributed by atoms with E-state index in [0.717, 1.165) is 41.0 Å². The van der Waals surface area contributed by atoms with E-state index in [2.05, 4.69) is 25.9 Å². The smallest absolute Gasteiger partial charge is 0.243 e. The molecule has 0 radical (unpaired) electrons. The monoisotopic (exact) mass is 572 g/mol. The Kier molecular flexibility index (Phi) is 9.08. The van der Waals surface area contributed by atoms with Crippen molar-refractivity contribution in [2.45, 2.75) is 42.9 Å². The maximum absolute atomic E-state index is 13.6. The van der Waals surface area contributed by atoms with Crippen LogP contribution >= 0.6 is 11.3 Å². The van der Waals surface area contributed by atoms with Gasteiger partial charge in [0.05, 0.1) is 17.4 Å². The first-order valence-corrected chi connectivity index (χ1v) is 15.8. The number of fused-ring (bicyclic) bond motifs is 1. The standard InChI is InChI=1S/C27H36N6O4S2/c1-37-17-14-29-24-11-10-23-26(31-24)38-27(30-23)32-25(34)22(18-19-4-2-3-5-19)20-6-8-21(9-7-20)39(35,36)33-15-12-28-13-16-33/h6-11,19,22,28H,2-5,12-18H2,1H3,(H,29,31)(H,30,32,34). The highest BCUT2D eigenvalue weighted by Crippen LogP contribution is 2.36. The molecule has 3 aromatic rings. The third kappa shape index (κ3) is 6.75. The number of aromatic nitrogens is 2. The molecule has 2 fully saturated rings. The summed E-state index contributed by atoms with van der Waals surface area (Å²) in [5.41, 5.74) is 1.55. The summed E-state index contributed by atoms with van der Waals surface area (Å²) in [5.74, 6) is 0.686. The fraction of sp³-hybridized carbons (Fsp3) is 0.519. The summed E-state index contributed by atoms with van der Waals surface area (Å²) in [6.07, 6.45) is 5.33. The Morgan fingerprint density at radius 1 is 1.13 bits per heavy atom. The maximum atomic E-state index is 13.6. The van der Waals surface area contributed by atoms with E-state index < -0.39 is 15.9 Å². The van der Waals surface area contributed by atoms with Crippen LogP contribution in [0, 0.1) is 5.92 Å². The Bertz CT molecular complexity index is 1370. The summed E-state index contributed by atoms with van der Waals surface area (Å²) in [6.45, 7) is 3.43. The Balaban J connectivity index is 1.33. The Hall–Kier alpha value is -2.64. The largest absolute Gasteiger partial charge is 0.383 e. The minimum Gasteiger partial charge on any atom is -0.383 e. The predicted molar refractivity (Wildman–Crippen MR) is 154 cm³/mol. The average molecular weight is 573 g/mol. The number of thiazole rings is 1. The summed E-state index contributed by atoms with van der Waals surface area (Å²) >= 11 is 1.34. The molecule has 12 heteroatoms. The number of nitrogens with one attached hydrogen (secondary N) is 3. The Morgan fingerprint density at radius 3 is 2.59 bits per heavy atom. The highest BCUT2D eigenvalue weighted by molar-refractivity contribution is 7.89. The van der Waals surface area contributed by atoms with Crippen LogP contribution in [0.5, 0.6) is 0 Å². The summed E-state index contributed by atoms with van der Waals surface area (Å²) in [5, 5.41) is 9.93. The molecule has 1 aromatic carbocycles. The zero-order valence-electron chi connectivity index (χ0n) is 22.2. The third-order valence-corrected chi connectivity index (χ3v) is 10.2. The van der Waals surface area contributed by atoms with Gasteiger partial charge in [-0.05, 0) is 42.2 Å². The van der Waals surface area contributed by atoms with E-state index in [-0.39, 0.29) is 10.8 Å². The zero-order valence-corrected chi connectivity index (χ0v) is 23.8. The van der Waals surface area contributed by atoms with Crippen LogP contribution < -0.4 is 16.0 Å². The second-order valence-electron chi connectivity index (χ2n) is 10.1. The van der Waals surface area contributed by atoms with E-state index in [9.17, 15) is 13.2 Å². The normalized spacial score (nSPS) is 17.9. The molecule has 1 saturated carbocycles. The van der Waals surface area contributed by atoms with Crippen LogP contribution in [0.3, 0.4) is 0 Å². The van der Waals surface area contributed by atoms with Crippen LogP contribution in [-0.4, -0.2) is 75.0 Å². The number of pyridine rings is 1. The van der Waals surface area contributed by atoms with Crippen LogP contribution in [0.1, 0.15) is 43.6 Å². The number of hydrogen-bond acceptors (Lipinski definition) is 9. The highest BCUT2D eigenvalue weighted by Gasteiger charge is 2.29. The van der Waals surface area contributed by atoms with Crippen molar-refractivity contribution < 1.29 is 17.9 Å². The molecule has 1 aliphatic heterocycles. The first-order valence-electron chi connectivity index (χ1n) is 13.6. The van der Waals surface area contributed by atoms with E-state index in [4.69, 9.17) is 4.74 Å². The lowest BCUT2D eigenvalue weighted by molar-refractivity contribution is -0.118. The van der Waals surface area contributed by atoms with Crippen molar-refractivity contribution in [2.24, 2.45) is 5.92 Å². The van der Waals surface area contributed by atoms with Gasteiger partial charge in [0.25, 0.3) is 0 Å². The molecule has 39 heavy (non-hydrogen) atoms. The van der Waals surface area contributed by atoms with Crippen LogP contribution in [0.25, 0.3) is 10.3 Å². The second-order valence-corrected chi connectivity index (χ2v) is 13.0. The molecule has 3 N–H and O–H groups in total. The van der Waals surface area contributed by atoms with Crippen LogP contribution in [0.2, 0.25) is 0 Å². The van der Waals surface area contributed by atoms with E-state index >= 15 is 0 Å². The number of ether oxygens (including phenoxy) is 1. The van der Waals surface area contributed by atoms with E-state index in [1.165, 1.54) is 28.5 Å². The Morgan fingerprint density at radius 2 is 1.87 bits per heavy atom. The predicted octanol–water partition coefficient (Wildman–Crippen LogP) is 3.65. The molecule has 210 valence electrons. The molecule has 10 nitrogen and oxygen atoms in total. The molecular weight excluding hydrogens is 536 g/mol. The van der Waals surface area contributed by atoms with E-state index in [1.54, 1.807) is 31.4 Å². The molecular formula is C27H36N6O4S2. The van der Waals surface area contributed by atoms with Gasteiger partial charge in [0, 0.05) is 39.8 Å². The van der Waals surface area contributed by atoms with Crippen molar-refractivity contribution in [3.05, 3.63) is 42.0 Å². The number of carbonyl (C=O) groups excluding carboxylic acids is 1. The zero-order chi connectivity index (χ0) is 27.2. The molecule has 1 saturated heterocycles. The molecule has 1 atom stereocenters. The quantitative estimate of drug-likeness (QED) is 0.298. The van der Waals surface area contributed by atoms with E-state index in [0.29, 0.717) is 50.4 Å². The van der Waals surface area contributed by atoms with Gasteiger partial charge >= 0.3 is 0 Å². The molecule has 1 aliphatic carbocycles. The summed E-state index contributed by atoms with van der Waals surface area (Å²) in [7, 11) is -1.90. The van der Waals surface area contributed by atoms with Crippen molar-refractivity contribution in [2.75, 3.05) is 57.1 Å². The number of carbonyl (C=O) groups is 1. The van der Waals surface area contributed by atoms with Crippen molar-refractivity contribution >= 4 is 48.6 Å². The summed E-state index contributed by atoms with van der Waals surface area (Å²) in [4.78, 5) is 23.8. The number of rotatable bonds is 11. The fourth-order valence-electron chi connectivity index (χ4n) is 5.32. The van der Waals surface area contributed by atoms with Gasteiger partial charge in [-0.1, -0.05) is 49.2 Å². The molecule has 0 spiro atoms. The number of sulfonamides is 1. The second kappa shape index (κ2) is 12.7. The van der Waals surface area contributed by atoms with Crippen molar-refractivity contribution in [1.29, 1.82) is 0 Å². The van der Waals surface area contributed by atoms with Crippen LogP contribution in [-0.2, 0) is 19.6 Å². The minimum atomic E-state index is -3.56. The van der Waals surface area contributed by atoms with Crippen molar-refractivity contribution in [3.63, 3.8) is 0 Å². The Labute approximate surface area is 233 Å². The highest BCUT2D eigenvalue weighted by atomic mass is 32.2. The van der Waals surface area contributed by atoms with Gasteiger partial charge in [0.15, 0.2) is 5.13 Å². The van der Waals surface area contributed by atoms with Gasteiger partial charge in [-0.25, -0.2) is 18.4 Å². The number of methoxy groups -OCH3 is 1. The average Bonchev–Trinajstić information content (AvgIpc) is 3.61. The number of anilines is 2. The van der Waals surface area contributed by atoms with Crippen molar-refractivity contribution in [3.8, 4) is 0 Å². The first kappa shape index (κ1) is 27.9.